The highest BCUT2D eigenvalue weighted by Crippen LogP contribution is 2.27. The maximum absolute atomic E-state index is 11.7. The fourth-order valence-corrected chi connectivity index (χ4v) is 2.18. The molecule has 0 atom stereocenters. The van der Waals surface area contributed by atoms with Crippen LogP contribution >= 0.6 is 0 Å². The second-order valence-corrected chi connectivity index (χ2v) is 4.30. The Morgan fingerprint density at radius 2 is 2.00 bits per heavy atom. The Labute approximate surface area is 96.6 Å². The third-order valence-corrected chi connectivity index (χ3v) is 3.10. The number of ketones is 1. The number of benzene rings is 1. The molecule has 16 heavy (non-hydrogen) atoms. The topological polar surface area (TPSA) is 26.3 Å². The molecule has 2 heteroatoms. The van der Waals surface area contributed by atoms with E-state index in [1.165, 1.54) is 12.8 Å². The maximum Gasteiger partial charge on any atom is 0.166 e. The number of ether oxygens (including phenoxy) is 1. The molecule has 1 aromatic carbocycles. The summed E-state index contributed by atoms with van der Waals surface area (Å²) in [7, 11) is 0. The van der Waals surface area contributed by atoms with E-state index in [-0.39, 0.29) is 5.78 Å². The largest absolute Gasteiger partial charge is 0.490 e. The van der Waals surface area contributed by atoms with Crippen LogP contribution in [0.15, 0.2) is 24.3 Å². The molecule has 0 spiro atoms. The summed E-state index contributed by atoms with van der Waals surface area (Å²) in [6.45, 7) is 1.88. The number of hydrogen-bond donors (Lipinski definition) is 0. The van der Waals surface area contributed by atoms with Gasteiger partial charge in [0, 0.05) is 6.42 Å². The molecular weight excluding hydrogens is 200 g/mol. The van der Waals surface area contributed by atoms with E-state index >= 15 is 0 Å². The van der Waals surface area contributed by atoms with Gasteiger partial charge in [-0.1, -0.05) is 19.1 Å². The van der Waals surface area contributed by atoms with Gasteiger partial charge in [0.05, 0.1) is 11.7 Å². The summed E-state index contributed by atoms with van der Waals surface area (Å²) in [6, 6.07) is 7.58. The van der Waals surface area contributed by atoms with Crippen molar-refractivity contribution in [2.75, 3.05) is 0 Å². The predicted molar refractivity (Wildman–Crippen MR) is 63.9 cm³/mol. The highest BCUT2D eigenvalue weighted by molar-refractivity contribution is 5.98. The normalized spacial score (nSPS) is 16.3. The first-order valence-corrected chi connectivity index (χ1v) is 6.10. The molecule has 0 aliphatic heterocycles. The first kappa shape index (κ1) is 11.2. The Morgan fingerprint density at radius 3 is 2.69 bits per heavy atom. The highest BCUT2D eigenvalue weighted by Gasteiger charge is 2.19. The van der Waals surface area contributed by atoms with Crippen molar-refractivity contribution >= 4 is 5.78 Å². The Balaban J connectivity index is 2.15. The third kappa shape index (κ3) is 2.43. The maximum atomic E-state index is 11.7. The number of carbonyl (C=O) groups excluding carboxylic acids is 1. The summed E-state index contributed by atoms with van der Waals surface area (Å²) in [5.74, 6) is 0.926. The van der Waals surface area contributed by atoms with E-state index in [9.17, 15) is 4.79 Å². The van der Waals surface area contributed by atoms with Crippen LogP contribution in [0.2, 0.25) is 0 Å². The van der Waals surface area contributed by atoms with E-state index in [0.717, 1.165) is 24.2 Å². The first-order chi connectivity index (χ1) is 7.81. The van der Waals surface area contributed by atoms with Gasteiger partial charge in [0.25, 0.3) is 0 Å². The van der Waals surface area contributed by atoms with E-state index < -0.39 is 0 Å². The van der Waals surface area contributed by atoms with Gasteiger partial charge >= 0.3 is 0 Å². The van der Waals surface area contributed by atoms with Crippen LogP contribution in [0.5, 0.6) is 5.75 Å². The monoisotopic (exact) mass is 218 g/mol. The molecule has 1 aromatic rings. The molecule has 86 valence electrons. The standard InChI is InChI=1S/C14H18O2/c1-2-13(15)12-9-5-6-10-14(12)16-11-7-3-4-8-11/h5-6,9-11H,2-4,7-8H2,1H3. The minimum atomic E-state index is 0.161. The van der Waals surface area contributed by atoms with Crippen molar-refractivity contribution in [2.24, 2.45) is 0 Å². The lowest BCUT2D eigenvalue weighted by molar-refractivity contribution is 0.0981. The fraction of sp³-hybridized carbons (Fsp3) is 0.500. The van der Waals surface area contributed by atoms with Gasteiger partial charge in [-0.25, -0.2) is 0 Å². The predicted octanol–water partition coefficient (Wildman–Crippen LogP) is 3.60. The smallest absolute Gasteiger partial charge is 0.166 e. The lowest BCUT2D eigenvalue weighted by Gasteiger charge is -2.15. The molecule has 0 unspecified atom stereocenters. The molecule has 2 nitrogen and oxygen atoms in total. The second kappa shape index (κ2) is 5.15. The zero-order chi connectivity index (χ0) is 11.4. The van der Waals surface area contributed by atoms with Gasteiger partial charge in [0.1, 0.15) is 5.75 Å². The van der Waals surface area contributed by atoms with Crippen LogP contribution in [-0.4, -0.2) is 11.9 Å². The van der Waals surface area contributed by atoms with E-state index in [1.54, 1.807) is 0 Å². The Morgan fingerprint density at radius 1 is 1.31 bits per heavy atom. The number of para-hydroxylation sites is 1. The molecular formula is C14H18O2. The van der Waals surface area contributed by atoms with Gasteiger partial charge in [-0.05, 0) is 37.8 Å². The van der Waals surface area contributed by atoms with Crippen LogP contribution in [0, 0.1) is 0 Å². The summed E-state index contributed by atoms with van der Waals surface area (Å²) < 4.78 is 5.91. The van der Waals surface area contributed by atoms with Crippen LogP contribution < -0.4 is 4.74 Å². The Hall–Kier alpha value is -1.31. The SMILES string of the molecule is CCC(=O)c1ccccc1OC1CCCC1. The number of rotatable bonds is 4. The van der Waals surface area contributed by atoms with Crippen molar-refractivity contribution in [2.45, 2.75) is 45.1 Å². The molecule has 1 aliphatic carbocycles. The van der Waals surface area contributed by atoms with Crippen molar-refractivity contribution < 1.29 is 9.53 Å². The summed E-state index contributed by atoms with van der Waals surface area (Å²) >= 11 is 0. The van der Waals surface area contributed by atoms with Gasteiger partial charge in [-0.2, -0.15) is 0 Å². The molecule has 0 saturated heterocycles. The number of hydrogen-bond acceptors (Lipinski definition) is 2. The summed E-state index contributed by atoms with van der Waals surface area (Å²) in [4.78, 5) is 11.7. The minimum Gasteiger partial charge on any atom is -0.490 e. The molecule has 0 radical (unpaired) electrons. The van der Waals surface area contributed by atoms with Crippen molar-refractivity contribution in [1.29, 1.82) is 0 Å². The summed E-state index contributed by atoms with van der Waals surface area (Å²) in [5, 5.41) is 0. The average Bonchev–Trinajstić information content (AvgIpc) is 2.82. The molecule has 0 heterocycles. The molecule has 1 fully saturated rings. The van der Waals surface area contributed by atoms with Crippen LogP contribution in [0.4, 0.5) is 0 Å². The zero-order valence-corrected chi connectivity index (χ0v) is 9.74. The Kier molecular flexibility index (Phi) is 3.60. The Bertz CT molecular complexity index is 365. The van der Waals surface area contributed by atoms with Crippen LogP contribution in [0.3, 0.4) is 0 Å². The van der Waals surface area contributed by atoms with Gasteiger partial charge in [0.2, 0.25) is 0 Å². The van der Waals surface area contributed by atoms with Crippen LogP contribution in [0.25, 0.3) is 0 Å². The van der Waals surface area contributed by atoms with Gasteiger partial charge < -0.3 is 4.74 Å². The summed E-state index contributed by atoms with van der Waals surface area (Å²) in [5.41, 5.74) is 0.733. The van der Waals surface area contributed by atoms with Crippen molar-refractivity contribution in [3.63, 3.8) is 0 Å². The lowest BCUT2D eigenvalue weighted by Crippen LogP contribution is -2.13. The lowest BCUT2D eigenvalue weighted by atomic mass is 10.1. The van der Waals surface area contributed by atoms with E-state index in [0.29, 0.717) is 12.5 Å². The second-order valence-electron chi connectivity index (χ2n) is 4.30. The highest BCUT2D eigenvalue weighted by atomic mass is 16.5. The minimum absolute atomic E-state index is 0.161. The van der Waals surface area contributed by atoms with E-state index in [2.05, 4.69) is 0 Å². The van der Waals surface area contributed by atoms with Gasteiger partial charge in [0.15, 0.2) is 5.78 Å². The molecule has 0 amide bonds. The van der Waals surface area contributed by atoms with E-state index in [4.69, 9.17) is 4.74 Å². The summed E-state index contributed by atoms with van der Waals surface area (Å²) in [6.07, 6.45) is 5.57. The number of Topliss-reactive ketones (excluding diaryl/α,β-unsaturated/α-hetero) is 1. The average molecular weight is 218 g/mol. The number of carbonyl (C=O) groups is 1. The molecule has 0 bridgehead atoms. The third-order valence-electron chi connectivity index (χ3n) is 3.10. The fourth-order valence-electron chi connectivity index (χ4n) is 2.18. The molecule has 0 aromatic heterocycles. The molecule has 2 rings (SSSR count). The molecule has 0 N–H and O–H groups in total. The van der Waals surface area contributed by atoms with E-state index in [1.807, 2.05) is 31.2 Å². The van der Waals surface area contributed by atoms with Gasteiger partial charge in [-0.15, -0.1) is 0 Å². The van der Waals surface area contributed by atoms with Gasteiger partial charge in [-0.3, -0.25) is 4.79 Å². The molecule has 1 aliphatic rings. The van der Waals surface area contributed by atoms with Crippen LogP contribution in [0.1, 0.15) is 49.4 Å². The zero-order valence-electron chi connectivity index (χ0n) is 9.74. The van der Waals surface area contributed by atoms with Crippen molar-refractivity contribution in [3.8, 4) is 5.75 Å². The first-order valence-electron chi connectivity index (χ1n) is 6.10. The van der Waals surface area contributed by atoms with Crippen molar-refractivity contribution in [1.82, 2.24) is 0 Å². The van der Waals surface area contributed by atoms with Crippen LogP contribution in [-0.2, 0) is 0 Å². The molecule has 1 saturated carbocycles. The quantitative estimate of drug-likeness (QED) is 0.722. The van der Waals surface area contributed by atoms with Crippen molar-refractivity contribution in [3.05, 3.63) is 29.8 Å².